The minimum atomic E-state index is 0.0247. The van der Waals surface area contributed by atoms with Gasteiger partial charge in [-0.25, -0.2) is 0 Å². The summed E-state index contributed by atoms with van der Waals surface area (Å²) in [4.78, 5) is 0. The summed E-state index contributed by atoms with van der Waals surface area (Å²) >= 11 is 0. The van der Waals surface area contributed by atoms with Gasteiger partial charge in [0.25, 0.3) is 0 Å². The van der Waals surface area contributed by atoms with Gasteiger partial charge in [0.15, 0.2) is 0 Å². The molecule has 4 N–H and O–H groups in total. The summed E-state index contributed by atoms with van der Waals surface area (Å²) < 4.78 is 5.32. The Morgan fingerprint density at radius 2 is 2.50 bits per heavy atom. The zero-order valence-corrected chi connectivity index (χ0v) is 7.33. The number of hydrogen-bond donors (Lipinski definition) is 3. The summed E-state index contributed by atoms with van der Waals surface area (Å²) in [5.74, 6) is 5.81. The van der Waals surface area contributed by atoms with Crippen LogP contribution in [0.2, 0.25) is 0 Å². The Hall–Kier alpha value is -0.160. The first kappa shape index (κ1) is 9.92. The van der Waals surface area contributed by atoms with Crippen molar-refractivity contribution in [2.24, 2.45) is 11.8 Å². The van der Waals surface area contributed by atoms with Gasteiger partial charge >= 0.3 is 0 Å². The molecule has 4 nitrogen and oxygen atoms in total. The zero-order valence-electron chi connectivity index (χ0n) is 7.33. The molecular weight excluding hydrogens is 156 g/mol. The summed E-state index contributed by atoms with van der Waals surface area (Å²) in [5, 5.41) is 8.87. The van der Waals surface area contributed by atoms with E-state index in [0.29, 0.717) is 5.92 Å². The molecule has 0 aromatic heterocycles. The first-order valence-corrected chi connectivity index (χ1v) is 4.51. The lowest BCUT2D eigenvalue weighted by Gasteiger charge is -2.25. The van der Waals surface area contributed by atoms with Crippen LogP contribution in [0.3, 0.4) is 0 Å². The fraction of sp³-hybridized carbons (Fsp3) is 1.00. The van der Waals surface area contributed by atoms with Gasteiger partial charge < -0.3 is 9.84 Å². The Bertz CT molecular complexity index is 112. The summed E-state index contributed by atoms with van der Waals surface area (Å²) in [6, 6.07) is 0.0247. The van der Waals surface area contributed by atoms with Gasteiger partial charge in [-0.05, 0) is 25.2 Å². The lowest BCUT2D eigenvalue weighted by molar-refractivity contribution is 0.0441. The van der Waals surface area contributed by atoms with Crippen LogP contribution in [0.5, 0.6) is 0 Å². The van der Waals surface area contributed by atoms with Gasteiger partial charge in [0.1, 0.15) is 0 Å². The van der Waals surface area contributed by atoms with Crippen LogP contribution in [0.15, 0.2) is 0 Å². The highest BCUT2D eigenvalue weighted by molar-refractivity contribution is 4.71. The number of aliphatic hydroxyl groups is 1. The number of aliphatic hydroxyl groups excluding tert-OH is 1. The van der Waals surface area contributed by atoms with Crippen molar-refractivity contribution < 1.29 is 9.84 Å². The molecule has 1 unspecified atom stereocenters. The fourth-order valence-corrected chi connectivity index (χ4v) is 1.59. The molecule has 1 aliphatic rings. The summed E-state index contributed by atoms with van der Waals surface area (Å²) in [6.07, 6.45) is 3.23. The average molecular weight is 174 g/mol. The van der Waals surface area contributed by atoms with Gasteiger partial charge in [-0.15, -0.1) is 0 Å². The molecule has 0 aromatic carbocycles. The molecule has 72 valence electrons. The lowest BCUT2D eigenvalue weighted by atomic mass is 9.95. The fourth-order valence-electron chi connectivity index (χ4n) is 1.59. The maximum Gasteiger partial charge on any atom is 0.0598 e. The molecular formula is C8H18N2O2. The standard InChI is InChI=1S/C8H18N2O2/c9-10-8(5-11)4-7-2-1-3-12-6-7/h7-8,10-11H,1-6,9H2/t7?,8-/m0/s1. The molecule has 2 atom stereocenters. The van der Waals surface area contributed by atoms with Crippen molar-refractivity contribution in [3.05, 3.63) is 0 Å². The van der Waals surface area contributed by atoms with Crippen LogP contribution in [0.25, 0.3) is 0 Å². The van der Waals surface area contributed by atoms with E-state index in [1.54, 1.807) is 0 Å². The van der Waals surface area contributed by atoms with E-state index in [2.05, 4.69) is 5.43 Å². The van der Waals surface area contributed by atoms with Crippen molar-refractivity contribution in [3.63, 3.8) is 0 Å². The van der Waals surface area contributed by atoms with Crippen LogP contribution < -0.4 is 11.3 Å². The summed E-state index contributed by atoms with van der Waals surface area (Å²) in [6.45, 7) is 1.81. The largest absolute Gasteiger partial charge is 0.395 e. The van der Waals surface area contributed by atoms with E-state index in [0.717, 1.165) is 26.1 Å². The van der Waals surface area contributed by atoms with E-state index in [1.807, 2.05) is 0 Å². The number of hydrazine groups is 1. The highest BCUT2D eigenvalue weighted by Gasteiger charge is 2.17. The predicted molar refractivity (Wildman–Crippen MR) is 46.4 cm³/mol. The molecule has 0 aromatic rings. The van der Waals surface area contributed by atoms with Crippen molar-refractivity contribution in [3.8, 4) is 0 Å². The van der Waals surface area contributed by atoms with Gasteiger partial charge in [0.2, 0.25) is 0 Å². The Labute approximate surface area is 73.1 Å². The second-order valence-electron chi connectivity index (χ2n) is 3.37. The molecule has 1 rings (SSSR count). The van der Waals surface area contributed by atoms with E-state index < -0.39 is 0 Å². The maximum atomic E-state index is 8.87. The Balaban J connectivity index is 2.18. The third kappa shape index (κ3) is 3.06. The quantitative estimate of drug-likeness (QED) is 0.402. The Morgan fingerprint density at radius 3 is 3.00 bits per heavy atom. The smallest absolute Gasteiger partial charge is 0.0598 e. The van der Waals surface area contributed by atoms with Crippen LogP contribution in [0.1, 0.15) is 19.3 Å². The number of hydrogen-bond acceptors (Lipinski definition) is 4. The van der Waals surface area contributed by atoms with Crippen molar-refractivity contribution in [1.82, 2.24) is 5.43 Å². The highest BCUT2D eigenvalue weighted by atomic mass is 16.5. The van der Waals surface area contributed by atoms with Crippen molar-refractivity contribution in [2.75, 3.05) is 19.8 Å². The number of rotatable bonds is 4. The number of nitrogens with two attached hydrogens (primary N) is 1. The summed E-state index contributed by atoms with van der Waals surface area (Å²) in [7, 11) is 0. The molecule has 0 aliphatic carbocycles. The SMILES string of the molecule is NN[C@H](CO)CC1CCCOC1. The molecule has 0 spiro atoms. The third-order valence-corrected chi connectivity index (χ3v) is 2.33. The van der Waals surface area contributed by atoms with Gasteiger partial charge in [0.05, 0.1) is 6.61 Å². The number of ether oxygens (including phenoxy) is 1. The van der Waals surface area contributed by atoms with Crippen molar-refractivity contribution >= 4 is 0 Å². The molecule has 0 bridgehead atoms. The van der Waals surface area contributed by atoms with Crippen molar-refractivity contribution in [1.29, 1.82) is 0 Å². The molecule has 1 saturated heterocycles. The van der Waals surface area contributed by atoms with Gasteiger partial charge in [-0.3, -0.25) is 11.3 Å². The van der Waals surface area contributed by atoms with E-state index in [-0.39, 0.29) is 12.6 Å². The lowest BCUT2D eigenvalue weighted by Crippen LogP contribution is -2.40. The molecule has 0 amide bonds. The van der Waals surface area contributed by atoms with Crippen LogP contribution in [-0.4, -0.2) is 31.0 Å². The molecule has 4 heteroatoms. The zero-order chi connectivity index (χ0) is 8.81. The third-order valence-electron chi connectivity index (χ3n) is 2.33. The van der Waals surface area contributed by atoms with Crippen molar-refractivity contribution in [2.45, 2.75) is 25.3 Å². The molecule has 1 aliphatic heterocycles. The predicted octanol–water partition coefficient (Wildman–Crippen LogP) is -0.373. The van der Waals surface area contributed by atoms with E-state index in [4.69, 9.17) is 15.7 Å². The van der Waals surface area contributed by atoms with Crippen LogP contribution in [0.4, 0.5) is 0 Å². The van der Waals surface area contributed by atoms with Gasteiger partial charge in [0, 0.05) is 19.3 Å². The normalized spacial score (nSPS) is 27.0. The first-order valence-electron chi connectivity index (χ1n) is 4.51. The molecule has 0 radical (unpaired) electrons. The molecule has 1 heterocycles. The Morgan fingerprint density at radius 1 is 1.67 bits per heavy atom. The molecule has 0 saturated carbocycles. The van der Waals surface area contributed by atoms with Gasteiger partial charge in [-0.1, -0.05) is 0 Å². The molecule has 1 fully saturated rings. The molecule has 12 heavy (non-hydrogen) atoms. The van der Waals surface area contributed by atoms with Crippen LogP contribution in [0, 0.1) is 5.92 Å². The van der Waals surface area contributed by atoms with E-state index in [9.17, 15) is 0 Å². The maximum absolute atomic E-state index is 8.87. The second-order valence-corrected chi connectivity index (χ2v) is 3.37. The Kier molecular flexibility index (Phi) is 4.53. The van der Waals surface area contributed by atoms with Crippen LogP contribution in [-0.2, 0) is 4.74 Å². The van der Waals surface area contributed by atoms with Gasteiger partial charge in [-0.2, -0.15) is 0 Å². The minimum Gasteiger partial charge on any atom is -0.395 e. The highest BCUT2D eigenvalue weighted by Crippen LogP contribution is 2.18. The second kappa shape index (κ2) is 5.48. The average Bonchev–Trinajstić information content (AvgIpc) is 2.16. The van der Waals surface area contributed by atoms with Crippen LogP contribution >= 0.6 is 0 Å². The monoisotopic (exact) mass is 174 g/mol. The first-order chi connectivity index (χ1) is 5.86. The summed E-state index contributed by atoms with van der Waals surface area (Å²) in [5.41, 5.74) is 2.59. The van der Waals surface area contributed by atoms with E-state index >= 15 is 0 Å². The minimum absolute atomic E-state index is 0.0247. The van der Waals surface area contributed by atoms with E-state index in [1.165, 1.54) is 6.42 Å². The number of nitrogens with one attached hydrogen (secondary N) is 1. The topological polar surface area (TPSA) is 67.5 Å².